The van der Waals surface area contributed by atoms with Crippen molar-refractivity contribution in [2.45, 2.75) is 6.42 Å². The van der Waals surface area contributed by atoms with Crippen LogP contribution in [0.4, 0.5) is 0 Å². The van der Waals surface area contributed by atoms with Crippen LogP contribution in [0.2, 0.25) is 5.02 Å². The number of pyridine rings is 1. The largest absolute Gasteiger partial charge is 0.327 e. The van der Waals surface area contributed by atoms with Gasteiger partial charge >= 0.3 is 0 Å². The summed E-state index contributed by atoms with van der Waals surface area (Å²) in [6.45, 7) is 0. The maximum atomic E-state index is 11.1. The van der Waals surface area contributed by atoms with E-state index in [2.05, 4.69) is 16.8 Å². The fourth-order valence-electron chi connectivity index (χ4n) is 0.738. The molecule has 1 heterocycles. The molecule has 0 aliphatic carbocycles. The van der Waals surface area contributed by atoms with E-state index in [9.17, 15) is 9.59 Å². The first kappa shape index (κ1) is 9.56. The van der Waals surface area contributed by atoms with Crippen molar-refractivity contribution in [3.8, 4) is 11.8 Å². The number of aromatic nitrogens is 1. The normalized spacial score (nSPS) is 8.69. The Morgan fingerprint density at radius 1 is 1.62 bits per heavy atom. The molecule has 3 nitrogen and oxygen atoms in total. The molecule has 0 amide bonds. The lowest BCUT2D eigenvalue weighted by atomic mass is 10.3. The minimum atomic E-state index is -0.303. The van der Waals surface area contributed by atoms with E-state index in [0.29, 0.717) is 11.3 Å². The van der Waals surface area contributed by atoms with E-state index in [1.165, 1.54) is 12.3 Å². The molecule has 13 heavy (non-hydrogen) atoms. The van der Waals surface area contributed by atoms with E-state index in [1.54, 1.807) is 0 Å². The second-order valence-electron chi connectivity index (χ2n) is 2.23. The van der Waals surface area contributed by atoms with Crippen molar-refractivity contribution >= 4 is 17.9 Å². The molecule has 0 atom stereocenters. The summed E-state index contributed by atoms with van der Waals surface area (Å²) in [7, 11) is 0. The lowest BCUT2D eigenvalue weighted by molar-refractivity contribution is -0.107. The molecule has 0 spiro atoms. The van der Waals surface area contributed by atoms with E-state index in [1.807, 2.05) is 0 Å². The predicted molar refractivity (Wildman–Crippen MR) is 49.6 cm³/mol. The number of carbonyl (C=O) groups is 1. The topological polar surface area (TPSA) is 49.9 Å². The number of hydrogen-bond acceptors (Lipinski definition) is 2. The van der Waals surface area contributed by atoms with Gasteiger partial charge in [-0.25, -0.2) is 0 Å². The number of halogens is 1. The maximum Gasteiger partial charge on any atom is 0.263 e. The number of aromatic amines is 1. The van der Waals surface area contributed by atoms with E-state index in [4.69, 9.17) is 11.6 Å². The molecular weight excluding hydrogens is 190 g/mol. The van der Waals surface area contributed by atoms with Gasteiger partial charge in [0.05, 0.1) is 17.0 Å². The van der Waals surface area contributed by atoms with Crippen molar-refractivity contribution in [3.63, 3.8) is 0 Å². The van der Waals surface area contributed by atoms with Gasteiger partial charge in [0.15, 0.2) is 0 Å². The average molecular weight is 196 g/mol. The van der Waals surface area contributed by atoms with Gasteiger partial charge in [-0.3, -0.25) is 4.79 Å². The highest BCUT2D eigenvalue weighted by atomic mass is 35.5. The zero-order chi connectivity index (χ0) is 9.68. The van der Waals surface area contributed by atoms with Gasteiger partial charge in [0, 0.05) is 6.20 Å². The molecule has 0 radical (unpaired) electrons. The van der Waals surface area contributed by atoms with Crippen molar-refractivity contribution in [1.29, 1.82) is 0 Å². The zero-order valence-electron chi connectivity index (χ0n) is 6.63. The Morgan fingerprint density at radius 3 is 3.08 bits per heavy atom. The lowest BCUT2D eigenvalue weighted by Crippen LogP contribution is -2.08. The fourth-order valence-corrected chi connectivity index (χ4v) is 0.902. The summed E-state index contributed by atoms with van der Waals surface area (Å²) < 4.78 is 0. The van der Waals surface area contributed by atoms with Crippen LogP contribution in [0.25, 0.3) is 0 Å². The molecule has 0 fully saturated rings. The number of nitrogens with one attached hydrogen (secondary N) is 1. The first-order valence-electron chi connectivity index (χ1n) is 3.55. The minimum Gasteiger partial charge on any atom is -0.327 e. The highest BCUT2D eigenvalue weighted by Gasteiger charge is 1.95. The zero-order valence-corrected chi connectivity index (χ0v) is 7.39. The Labute approximate surface area is 79.7 Å². The Balaban J connectivity index is 3.02. The van der Waals surface area contributed by atoms with E-state index in [0.717, 1.165) is 0 Å². The van der Waals surface area contributed by atoms with Crippen LogP contribution in [-0.4, -0.2) is 11.3 Å². The SMILES string of the molecule is O=CCC#Cc1cc(Cl)c[nH]c1=O. The quantitative estimate of drug-likeness (QED) is 0.536. The second-order valence-corrected chi connectivity index (χ2v) is 2.67. The number of aldehydes is 1. The Kier molecular flexibility index (Phi) is 3.30. The Bertz CT molecular complexity index is 425. The summed E-state index contributed by atoms with van der Waals surface area (Å²) in [5.41, 5.74) is -0.0304. The summed E-state index contributed by atoms with van der Waals surface area (Å²) in [5.74, 6) is 5.07. The molecule has 1 N–H and O–H groups in total. The predicted octanol–water partition coefficient (Wildman–Crippen LogP) is 0.969. The average Bonchev–Trinajstić information content (AvgIpc) is 2.11. The number of carbonyl (C=O) groups excluding carboxylic acids is 1. The molecule has 1 aromatic heterocycles. The van der Waals surface area contributed by atoms with Gasteiger partial charge in [0.25, 0.3) is 5.56 Å². The number of H-pyrrole nitrogens is 1. The van der Waals surface area contributed by atoms with Crippen LogP contribution in [0, 0.1) is 11.8 Å². The summed E-state index contributed by atoms with van der Waals surface area (Å²) in [6, 6.07) is 1.46. The van der Waals surface area contributed by atoms with Crippen LogP contribution in [0.3, 0.4) is 0 Å². The first-order valence-corrected chi connectivity index (χ1v) is 3.92. The standard InChI is InChI=1S/C9H6ClNO2/c10-8-5-7(3-1-2-4-12)9(13)11-6-8/h4-6H,2H2,(H,11,13). The van der Waals surface area contributed by atoms with Crippen LogP contribution in [0.15, 0.2) is 17.1 Å². The Hall–Kier alpha value is -1.53. The van der Waals surface area contributed by atoms with Gasteiger partial charge in [-0.05, 0) is 6.07 Å². The van der Waals surface area contributed by atoms with Gasteiger partial charge < -0.3 is 9.78 Å². The van der Waals surface area contributed by atoms with E-state index >= 15 is 0 Å². The van der Waals surface area contributed by atoms with Crippen LogP contribution >= 0.6 is 11.6 Å². The highest BCUT2D eigenvalue weighted by molar-refractivity contribution is 6.30. The third-order valence-electron chi connectivity index (χ3n) is 1.28. The molecular formula is C9H6ClNO2. The van der Waals surface area contributed by atoms with Crippen LogP contribution in [0.1, 0.15) is 12.0 Å². The molecule has 0 aromatic carbocycles. The Morgan fingerprint density at radius 2 is 2.38 bits per heavy atom. The molecule has 66 valence electrons. The van der Waals surface area contributed by atoms with Crippen molar-refractivity contribution in [1.82, 2.24) is 4.98 Å². The highest BCUT2D eigenvalue weighted by Crippen LogP contribution is 2.03. The first-order chi connectivity index (χ1) is 6.24. The van der Waals surface area contributed by atoms with E-state index < -0.39 is 0 Å². The second kappa shape index (κ2) is 4.48. The third kappa shape index (κ3) is 2.77. The van der Waals surface area contributed by atoms with Crippen molar-refractivity contribution < 1.29 is 4.79 Å². The van der Waals surface area contributed by atoms with Crippen LogP contribution in [-0.2, 0) is 4.79 Å². The van der Waals surface area contributed by atoms with Gasteiger partial charge in [0.2, 0.25) is 0 Å². The van der Waals surface area contributed by atoms with Crippen LogP contribution < -0.4 is 5.56 Å². The number of rotatable bonds is 1. The molecule has 0 aliphatic rings. The van der Waals surface area contributed by atoms with Gasteiger partial charge in [-0.15, -0.1) is 0 Å². The molecule has 0 aliphatic heterocycles. The molecule has 1 aromatic rings. The molecule has 0 unspecified atom stereocenters. The molecule has 0 saturated heterocycles. The van der Waals surface area contributed by atoms with Crippen LogP contribution in [0.5, 0.6) is 0 Å². The fraction of sp³-hybridized carbons (Fsp3) is 0.111. The molecule has 1 rings (SSSR count). The minimum absolute atomic E-state index is 0.117. The third-order valence-corrected chi connectivity index (χ3v) is 1.49. The van der Waals surface area contributed by atoms with Crippen molar-refractivity contribution in [2.24, 2.45) is 0 Å². The molecule has 0 saturated carbocycles. The van der Waals surface area contributed by atoms with Gasteiger partial charge in [-0.1, -0.05) is 23.4 Å². The summed E-state index contributed by atoms with van der Waals surface area (Å²) in [6.07, 6.45) is 2.17. The van der Waals surface area contributed by atoms with Gasteiger partial charge in [-0.2, -0.15) is 0 Å². The summed E-state index contributed by atoms with van der Waals surface area (Å²) in [5, 5.41) is 0.412. The van der Waals surface area contributed by atoms with Gasteiger partial charge in [0.1, 0.15) is 6.29 Å². The number of hydrogen-bond donors (Lipinski definition) is 1. The molecule has 4 heteroatoms. The smallest absolute Gasteiger partial charge is 0.263 e. The lowest BCUT2D eigenvalue weighted by Gasteiger charge is -1.89. The maximum absolute atomic E-state index is 11.1. The summed E-state index contributed by atoms with van der Waals surface area (Å²) in [4.78, 5) is 23.4. The van der Waals surface area contributed by atoms with Crippen molar-refractivity contribution in [3.05, 3.63) is 33.2 Å². The van der Waals surface area contributed by atoms with Crippen molar-refractivity contribution in [2.75, 3.05) is 0 Å². The summed E-state index contributed by atoms with van der Waals surface area (Å²) >= 11 is 5.62. The molecule has 0 bridgehead atoms. The van der Waals surface area contributed by atoms with E-state index in [-0.39, 0.29) is 17.5 Å². The monoisotopic (exact) mass is 195 g/mol.